The largest absolute Gasteiger partial charge is 0.398 e. The maximum absolute atomic E-state index is 12.4. The molecule has 18 heavy (non-hydrogen) atoms. The topological polar surface area (TPSA) is 86.2 Å². The second-order valence-corrected chi connectivity index (χ2v) is 4.53. The summed E-state index contributed by atoms with van der Waals surface area (Å²) in [4.78, 5) is 24.8. The van der Waals surface area contributed by atoms with Crippen LogP contribution >= 0.6 is 0 Å². The van der Waals surface area contributed by atoms with Crippen molar-refractivity contribution in [2.75, 3.05) is 11.5 Å². The van der Waals surface area contributed by atoms with Gasteiger partial charge in [0, 0.05) is 16.9 Å². The van der Waals surface area contributed by atoms with Crippen LogP contribution in [0.5, 0.6) is 0 Å². The summed E-state index contributed by atoms with van der Waals surface area (Å²) in [5.74, 6) is -0.687. The molecule has 4 heteroatoms. The van der Waals surface area contributed by atoms with Gasteiger partial charge in [-0.25, -0.2) is 0 Å². The van der Waals surface area contributed by atoms with Gasteiger partial charge in [0.1, 0.15) is 0 Å². The van der Waals surface area contributed by atoms with Crippen molar-refractivity contribution >= 4 is 22.9 Å². The number of carbonyl (C=O) groups excluding carboxylic acids is 2. The average Bonchev–Trinajstić information content (AvgIpc) is 2.38. The Morgan fingerprint density at radius 2 is 1.72 bits per heavy atom. The molecule has 1 atom stereocenters. The van der Waals surface area contributed by atoms with E-state index >= 15 is 0 Å². The summed E-state index contributed by atoms with van der Waals surface area (Å²) >= 11 is 0. The van der Waals surface area contributed by atoms with Crippen LogP contribution in [0.1, 0.15) is 27.1 Å². The molecule has 0 radical (unpaired) electrons. The molecule has 90 valence electrons. The van der Waals surface area contributed by atoms with Crippen molar-refractivity contribution in [1.29, 1.82) is 0 Å². The second kappa shape index (κ2) is 3.57. The normalized spacial score (nSPS) is 21.3. The van der Waals surface area contributed by atoms with Crippen molar-refractivity contribution in [2.24, 2.45) is 5.92 Å². The molecule has 4 N–H and O–H groups in total. The van der Waals surface area contributed by atoms with Gasteiger partial charge in [0.2, 0.25) is 0 Å². The van der Waals surface area contributed by atoms with Gasteiger partial charge in [-0.15, -0.1) is 0 Å². The van der Waals surface area contributed by atoms with Gasteiger partial charge in [-0.3, -0.25) is 9.59 Å². The van der Waals surface area contributed by atoms with Crippen LogP contribution in [0.3, 0.4) is 0 Å². The first-order chi connectivity index (χ1) is 8.61. The van der Waals surface area contributed by atoms with Crippen LogP contribution in [0.4, 0.5) is 11.4 Å². The fraction of sp³-hybridized carbons (Fsp3) is 0.143. The number of benzene rings is 1. The number of carbonyl (C=O) groups is 2. The second-order valence-electron chi connectivity index (χ2n) is 4.53. The Morgan fingerprint density at radius 3 is 2.44 bits per heavy atom. The van der Waals surface area contributed by atoms with Gasteiger partial charge >= 0.3 is 0 Å². The van der Waals surface area contributed by atoms with Gasteiger partial charge in [0.25, 0.3) is 0 Å². The SMILES string of the molecule is Nc1ccc(N)c2c1C(=O)C1=CC=CCC1C2=O. The van der Waals surface area contributed by atoms with Crippen molar-refractivity contribution in [1.82, 2.24) is 0 Å². The Kier molecular flexibility index (Phi) is 2.13. The third-order valence-corrected chi connectivity index (χ3v) is 3.48. The molecule has 1 aromatic rings. The number of nitrogens with two attached hydrogens (primary N) is 2. The molecule has 0 saturated carbocycles. The quantitative estimate of drug-likeness (QED) is 0.676. The molecule has 0 bridgehead atoms. The molecule has 4 nitrogen and oxygen atoms in total. The lowest BCUT2D eigenvalue weighted by Gasteiger charge is -2.27. The van der Waals surface area contributed by atoms with Gasteiger partial charge in [-0.2, -0.15) is 0 Å². The first kappa shape index (κ1) is 10.8. The summed E-state index contributed by atoms with van der Waals surface area (Å²) in [6, 6.07) is 3.14. The summed E-state index contributed by atoms with van der Waals surface area (Å²) < 4.78 is 0. The van der Waals surface area contributed by atoms with Gasteiger partial charge in [0.05, 0.1) is 17.0 Å². The lowest BCUT2D eigenvalue weighted by atomic mass is 9.74. The minimum Gasteiger partial charge on any atom is -0.398 e. The fourth-order valence-corrected chi connectivity index (χ4v) is 2.58. The van der Waals surface area contributed by atoms with E-state index in [0.717, 1.165) is 0 Å². The number of rotatable bonds is 0. The molecule has 0 spiro atoms. The number of hydrogen-bond acceptors (Lipinski definition) is 4. The van der Waals surface area contributed by atoms with E-state index in [1.54, 1.807) is 24.3 Å². The third-order valence-electron chi connectivity index (χ3n) is 3.48. The third kappa shape index (κ3) is 1.26. The first-order valence-electron chi connectivity index (χ1n) is 5.75. The van der Waals surface area contributed by atoms with Crippen LogP contribution in [-0.4, -0.2) is 11.6 Å². The molecule has 2 aliphatic rings. The molecule has 0 fully saturated rings. The number of anilines is 2. The average molecular weight is 240 g/mol. The molecule has 0 amide bonds. The van der Waals surface area contributed by atoms with Crippen molar-refractivity contribution < 1.29 is 9.59 Å². The molecular weight excluding hydrogens is 228 g/mol. The zero-order valence-electron chi connectivity index (χ0n) is 9.64. The Labute approximate surface area is 104 Å². The van der Waals surface area contributed by atoms with Crippen molar-refractivity contribution in [3.63, 3.8) is 0 Å². The number of allylic oxidation sites excluding steroid dienone is 4. The summed E-state index contributed by atoms with van der Waals surface area (Å²) in [5, 5.41) is 0. The van der Waals surface area contributed by atoms with Crippen LogP contribution in [0.15, 0.2) is 35.9 Å². The molecule has 1 aromatic carbocycles. The Balaban J connectivity index is 2.32. The van der Waals surface area contributed by atoms with Gasteiger partial charge in [-0.05, 0) is 18.6 Å². The monoisotopic (exact) mass is 240 g/mol. The molecule has 3 rings (SSSR count). The lowest BCUT2D eigenvalue weighted by molar-refractivity contribution is 0.0884. The Hall–Kier alpha value is -2.36. The predicted molar refractivity (Wildman–Crippen MR) is 69.3 cm³/mol. The van der Waals surface area contributed by atoms with E-state index in [9.17, 15) is 9.59 Å². The van der Waals surface area contributed by atoms with E-state index in [2.05, 4.69) is 0 Å². The highest BCUT2D eigenvalue weighted by Gasteiger charge is 2.39. The van der Waals surface area contributed by atoms with Crippen LogP contribution in [0.2, 0.25) is 0 Å². The molecule has 2 aliphatic carbocycles. The lowest BCUT2D eigenvalue weighted by Crippen LogP contribution is -2.32. The standard InChI is InChI=1S/C14H12N2O2/c15-9-5-6-10(16)12-11(9)13(17)7-3-1-2-4-8(7)14(12)18/h1-3,5-6,8H,4,15-16H2. The Morgan fingerprint density at radius 1 is 1.06 bits per heavy atom. The molecule has 0 heterocycles. The molecule has 0 aliphatic heterocycles. The fourth-order valence-electron chi connectivity index (χ4n) is 2.58. The van der Waals surface area contributed by atoms with E-state index in [4.69, 9.17) is 11.5 Å². The van der Waals surface area contributed by atoms with E-state index in [1.807, 2.05) is 6.08 Å². The van der Waals surface area contributed by atoms with Crippen molar-refractivity contribution in [2.45, 2.75) is 6.42 Å². The summed E-state index contributed by atoms with van der Waals surface area (Å²) in [7, 11) is 0. The van der Waals surface area contributed by atoms with Crippen LogP contribution < -0.4 is 11.5 Å². The van der Waals surface area contributed by atoms with Gasteiger partial charge < -0.3 is 11.5 Å². The Bertz CT molecular complexity index is 641. The first-order valence-corrected chi connectivity index (χ1v) is 5.75. The van der Waals surface area contributed by atoms with Crippen molar-refractivity contribution in [3.8, 4) is 0 Å². The van der Waals surface area contributed by atoms with E-state index < -0.39 is 5.92 Å². The zero-order chi connectivity index (χ0) is 12.9. The number of Topliss-reactive ketones (excluding diaryl/α,β-unsaturated/α-hetero) is 2. The van der Waals surface area contributed by atoms with Crippen molar-refractivity contribution in [3.05, 3.63) is 47.1 Å². The zero-order valence-corrected chi connectivity index (χ0v) is 9.64. The van der Waals surface area contributed by atoms with Gasteiger partial charge in [-0.1, -0.05) is 18.2 Å². The molecule has 0 saturated heterocycles. The van der Waals surface area contributed by atoms with Crippen LogP contribution in [0, 0.1) is 5.92 Å². The smallest absolute Gasteiger partial charge is 0.192 e. The maximum Gasteiger partial charge on any atom is 0.192 e. The summed E-state index contributed by atoms with van der Waals surface area (Å²) in [5.41, 5.74) is 13.3. The molecular formula is C14H12N2O2. The van der Waals surface area contributed by atoms with Crippen LogP contribution in [-0.2, 0) is 0 Å². The maximum atomic E-state index is 12.4. The number of fused-ring (bicyclic) bond motifs is 2. The summed E-state index contributed by atoms with van der Waals surface area (Å²) in [6.07, 6.45) is 5.92. The summed E-state index contributed by atoms with van der Waals surface area (Å²) in [6.45, 7) is 0. The number of ketones is 2. The highest BCUT2D eigenvalue weighted by molar-refractivity contribution is 6.27. The minimum atomic E-state index is -0.404. The minimum absolute atomic E-state index is 0.106. The van der Waals surface area contributed by atoms with E-state index in [1.165, 1.54) is 0 Å². The number of hydrogen-bond donors (Lipinski definition) is 2. The van der Waals surface area contributed by atoms with E-state index in [-0.39, 0.29) is 22.7 Å². The molecule has 0 aromatic heterocycles. The highest BCUT2D eigenvalue weighted by Crippen LogP contribution is 2.38. The van der Waals surface area contributed by atoms with Gasteiger partial charge in [0.15, 0.2) is 11.6 Å². The number of nitrogen functional groups attached to an aromatic ring is 2. The molecule has 1 unspecified atom stereocenters. The van der Waals surface area contributed by atoms with E-state index in [0.29, 0.717) is 23.4 Å². The van der Waals surface area contributed by atoms with Crippen LogP contribution in [0.25, 0.3) is 0 Å². The highest BCUT2D eigenvalue weighted by atomic mass is 16.1. The predicted octanol–water partition coefficient (Wildman–Crippen LogP) is 1.73.